The summed E-state index contributed by atoms with van der Waals surface area (Å²) < 4.78 is 11.9. The second-order valence-electron chi connectivity index (χ2n) is 6.21. The number of ether oxygens (including phenoxy) is 2. The molecular weight excluding hydrogens is 264 g/mol. The van der Waals surface area contributed by atoms with Crippen LogP contribution in [0.1, 0.15) is 25.8 Å². The zero-order chi connectivity index (χ0) is 14.7. The van der Waals surface area contributed by atoms with Crippen molar-refractivity contribution in [3.05, 3.63) is 23.8 Å². The maximum absolute atomic E-state index is 6.06. The highest BCUT2D eigenvalue weighted by molar-refractivity contribution is 5.63. The van der Waals surface area contributed by atoms with Gasteiger partial charge < -0.3 is 14.8 Å². The van der Waals surface area contributed by atoms with Crippen molar-refractivity contribution in [1.29, 1.82) is 0 Å². The molecule has 4 heteroatoms. The number of morpholine rings is 1. The van der Waals surface area contributed by atoms with Crippen molar-refractivity contribution in [2.24, 2.45) is 0 Å². The molecular formula is C17H26N2O2. The highest BCUT2D eigenvalue weighted by atomic mass is 16.5. The van der Waals surface area contributed by atoms with Gasteiger partial charge in [0.05, 0.1) is 12.3 Å². The van der Waals surface area contributed by atoms with Crippen LogP contribution in [0.5, 0.6) is 5.75 Å². The lowest BCUT2D eigenvalue weighted by Crippen LogP contribution is -2.47. The lowest BCUT2D eigenvalue weighted by molar-refractivity contribution is -0.0563. The molecule has 4 nitrogen and oxygen atoms in total. The Morgan fingerprint density at radius 1 is 1.43 bits per heavy atom. The van der Waals surface area contributed by atoms with Crippen molar-refractivity contribution in [3.8, 4) is 5.75 Å². The van der Waals surface area contributed by atoms with Gasteiger partial charge in [-0.25, -0.2) is 0 Å². The third-order valence-corrected chi connectivity index (χ3v) is 4.36. The first-order valence-corrected chi connectivity index (χ1v) is 8.08. The van der Waals surface area contributed by atoms with E-state index in [0.717, 1.165) is 38.4 Å². The molecule has 0 aromatic heterocycles. The van der Waals surface area contributed by atoms with E-state index in [1.807, 2.05) is 0 Å². The molecule has 0 saturated carbocycles. The molecule has 1 fully saturated rings. The van der Waals surface area contributed by atoms with E-state index in [9.17, 15) is 0 Å². The molecule has 116 valence electrons. The van der Waals surface area contributed by atoms with Crippen LogP contribution in [-0.4, -0.2) is 49.9 Å². The Morgan fingerprint density at radius 2 is 2.33 bits per heavy atom. The quantitative estimate of drug-likeness (QED) is 0.924. The lowest BCUT2D eigenvalue weighted by Gasteiger charge is -2.35. The fourth-order valence-corrected chi connectivity index (χ4v) is 3.09. The standard InChI is InChI=1S/C17H26N2O2/c1-13(2)19-9-10-20-15(11-19)12-21-16-7-3-5-14-6-4-8-18-17(14)16/h3,5,7,13,15,18H,4,6,8-12H2,1-2H3/t15-/m1/s1. The van der Waals surface area contributed by atoms with Crippen LogP contribution in [0.3, 0.4) is 0 Å². The number of fused-ring (bicyclic) bond motifs is 1. The van der Waals surface area contributed by atoms with E-state index in [4.69, 9.17) is 9.47 Å². The Balaban J connectivity index is 1.60. The molecule has 2 aliphatic heterocycles. The molecule has 1 aromatic carbocycles. The summed E-state index contributed by atoms with van der Waals surface area (Å²) in [6.45, 7) is 8.92. The van der Waals surface area contributed by atoms with Crippen LogP contribution in [0.4, 0.5) is 5.69 Å². The number of aryl methyl sites for hydroxylation is 1. The average Bonchev–Trinajstić information content (AvgIpc) is 2.53. The third kappa shape index (κ3) is 3.50. The van der Waals surface area contributed by atoms with E-state index in [-0.39, 0.29) is 6.10 Å². The number of anilines is 1. The monoisotopic (exact) mass is 290 g/mol. The summed E-state index contributed by atoms with van der Waals surface area (Å²) >= 11 is 0. The summed E-state index contributed by atoms with van der Waals surface area (Å²) in [6.07, 6.45) is 2.51. The zero-order valence-electron chi connectivity index (χ0n) is 13.1. The van der Waals surface area contributed by atoms with E-state index >= 15 is 0 Å². The van der Waals surface area contributed by atoms with Gasteiger partial charge in [-0.15, -0.1) is 0 Å². The average molecular weight is 290 g/mol. The van der Waals surface area contributed by atoms with Crippen molar-refractivity contribution in [2.45, 2.75) is 38.8 Å². The van der Waals surface area contributed by atoms with Gasteiger partial charge in [0.25, 0.3) is 0 Å². The third-order valence-electron chi connectivity index (χ3n) is 4.36. The minimum atomic E-state index is 0.167. The minimum absolute atomic E-state index is 0.167. The van der Waals surface area contributed by atoms with Crippen LogP contribution in [0.15, 0.2) is 18.2 Å². The Kier molecular flexibility index (Phi) is 4.66. The van der Waals surface area contributed by atoms with Crippen LogP contribution >= 0.6 is 0 Å². The number of hydrogen-bond acceptors (Lipinski definition) is 4. The molecule has 0 amide bonds. The summed E-state index contributed by atoms with van der Waals surface area (Å²) in [7, 11) is 0. The summed E-state index contributed by atoms with van der Waals surface area (Å²) in [5, 5.41) is 3.47. The molecule has 0 aliphatic carbocycles. The highest BCUT2D eigenvalue weighted by Gasteiger charge is 2.23. The molecule has 1 saturated heterocycles. The van der Waals surface area contributed by atoms with Gasteiger partial charge in [0.1, 0.15) is 18.5 Å². The number of nitrogens with zero attached hydrogens (tertiary/aromatic N) is 1. The number of rotatable bonds is 4. The molecule has 21 heavy (non-hydrogen) atoms. The van der Waals surface area contributed by atoms with Gasteiger partial charge in [0.2, 0.25) is 0 Å². The first-order valence-electron chi connectivity index (χ1n) is 8.08. The van der Waals surface area contributed by atoms with Crippen molar-refractivity contribution in [2.75, 3.05) is 38.2 Å². The van der Waals surface area contributed by atoms with E-state index in [2.05, 4.69) is 42.3 Å². The van der Waals surface area contributed by atoms with E-state index in [0.29, 0.717) is 12.6 Å². The summed E-state index contributed by atoms with van der Waals surface area (Å²) in [6, 6.07) is 6.90. The van der Waals surface area contributed by atoms with Crippen molar-refractivity contribution in [3.63, 3.8) is 0 Å². The second kappa shape index (κ2) is 6.67. The number of para-hydroxylation sites is 1. The number of nitrogens with one attached hydrogen (secondary N) is 1. The van der Waals surface area contributed by atoms with Crippen molar-refractivity contribution in [1.82, 2.24) is 4.90 Å². The van der Waals surface area contributed by atoms with Crippen LogP contribution in [0.2, 0.25) is 0 Å². The summed E-state index contributed by atoms with van der Waals surface area (Å²) in [5.41, 5.74) is 2.55. The van der Waals surface area contributed by atoms with Gasteiger partial charge in [-0.1, -0.05) is 12.1 Å². The predicted octanol–water partition coefficient (Wildman–Crippen LogP) is 2.53. The van der Waals surface area contributed by atoms with Crippen molar-refractivity contribution >= 4 is 5.69 Å². The molecule has 2 aliphatic rings. The fraction of sp³-hybridized carbons (Fsp3) is 0.647. The molecule has 0 radical (unpaired) electrons. The van der Waals surface area contributed by atoms with Crippen LogP contribution < -0.4 is 10.1 Å². The summed E-state index contributed by atoms with van der Waals surface area (Å²) in [5.74, 6) is 0.970. The first-order chi connectivity index (χ1) is 10.2. The minimum Gasteiger partial charge on any atom is -0.489 e. The van der Waals surface area contributed by atoms with E-state index in [1.54, 1.807) is 0 Å². The molecule has 1 aromatic rings. The predicted molar refractivity (Wildman–Crippen MR) is 85.2 cm³/mol. The van der Waals surface area contributed by atoms with E-state index < -0.39 is 0 Å². The molecule has 0 spiro atoms. The van der Waals surface area contributed by atoms with Gasteiger partial charge in [0.15, 0.2) is 0 Å². The van der Waals surface area contributed by atoms with Crippen LogP contribution in [0, 0.1) is 0 Å². The topological polar surface area (TPSA) is 33.7 Å². The van der Waals surface area contributed by atoms with Gasteiger partial charge in [-0.05, 0) is 38.3 Å². The van der Waals surface area contributed by atoms with Crippen LogP contribution in [0.25, 0.3) is 0 Å². The maximum Gasteiger partial charge on any atom is 0.142 e. The zero-order valence-corrected chi connectivity index (χ0v) is 13.1. The van der Waals surface area contributed by atoms with Gasteiger partial charge in [-0.2, -0.15) is 0 Å². The molecule has 0 unspecified atom stereocenters. The second-order valence-corrected chi connectivity index (χ2v) is 6.21. The van der Waals surface area contributed by atoms with E-state index in [1.165, 1.54) is 17.7 Å². The normalized spacial score (nSPS) is 22.7. The number of benzene rings is 1. The Hall–Kier alpha value is -1.26. The molecule has 0 bridgehead atoms. The fourth-order valence-electron chi connectivity index (χ4n) is 3.09. The van der Waals surface area contributed by atoms with Gasteiger partial charge in [-0.3, -0.25) is 4.90 Å². The van der Waals surface area contributed by atoms with Crippen LogP contribution in [-0.2, 0) is 11.2 Å². The molecule has 2 heterocycles. The Bertz CT molecular complexity index is 476. The molecule has 1 atom stereocenters. The first kappa shape index (κ1) is 14.7. The Morgan fingerprint density at radius 3 is 3.19 bits per heavy atom. The SMILES string of the molecule is CC(C)N1CCO[C@@H](COc2cccc3c2NCCC3)C1. The van der Waals surface area contributed by atoms with Crippen molar-refractivity contribution < 1.29 is 9.47 Å². The molecule has 1 N–H and O–H groups in total. The lowest BCUT2D eigenvalue weighted by atomic mass is 10.0. The molecule has 3 rings (SSSR count). The maximum atomic E-state index is 6.06. The highest BCUT2D eigenvalue weighted by Crippen LogP contribution is 2.32. The Labute approximate surface area is 127 Å². The van der Waals surface area contributed by atoms with Gasteiger partial charge in [0, 0.05) is 25.7 Å². The summed E-state index contributed by atoms with van der Waals surface area (Å²) in [4.78, 5) is 2.45. The van der Waals surface area contributed by atoms with Gasteiger partial charge >= 0.3 is 0 Å². The smallest absolute Gasteiger partial charge is 0.142 e. The largest absolute Gasteiger partial charge is 0.489 e. The number of hydrogen-bond donors (Lipinski definition) is 1.